The molecular formula is C7H7N3O+2. The quantitative estimate of drug-likeness (QED) is 0.410. The van der Waals surface area contributed by atoms with E-state index in [9.17, 15) is 4.79 Å². The van der Waals surface area contributed by atoms with E-state index in [0.29, 0.717) is 5.69 Å². The highest BCUT2D eigenvalue weighted by Crippen LogP contribution is 2.05. The molecule has 0 saturated carbocycles. The molecule has 0 amide bonds. The Labute approximate surface area is 63.7 Å². The van der Waals surface area contributed by atoms with E-state index >= 15 is 0 Å². The lowest BCUT2D eigenvalue weighted by atomic mass is 10.4. The standard InChI is InChI=1S/C7H7N3O/c1-6(11)10-4-2-7(9-8)3-5-10/h2-5H,1H3/q+2. The lowest BCUT2D eigenvalue weighted by Gasteiger charge is -1.82. The van der Waals surface area contributed by atoms with E-state index in [1.54, 1.807) is 12.1 Å². The minimum atomic E-state index is -0.0745. The predicted octanol–water partition coefficient (Wildman–Crippen LogP) is 1.12. The first-order valence-electron chi connectivity index (χ1n) is 3.11. The highest BCUT2D eigenvalue weighted by atomic mass is 16.1. The van der Waals surface area contributed by atoms with Crippen molar-refractivity contribution in [3.05, 3.63) is 29.5 Å². The number of diazo groups is 1. The van der Waals surface area contributed by atoms with E-state index in [0.717, 1.165) is 0 Å². The van der Waals surface area contributed by atoms with Gasteiger partial charge < -0.3 is 0 Å². The van der Waals surface area contributed by atoms with Crippen molar-refractivity contribution in [1.82, 2.24) is 0 Å². The van der Waals surface area contributed by atoms with Gasteiger partial charge in [-0.15, -0.1) is 4.57 Å². The first kappa shape index (κ1) is 7.35. The van der Waals surface area contributed by atoms with Crippen LogP contribution in [0, 0.1) is 5.39 Å². The normalized spacial score (nSPS) is 8.73. The van der Waals surface area contributed by atoms with Crippen molar-refractivity contribution in [3.8, 4) is 0 Å². The van der Waals surface area contributed by atoms with Crippen molar-refractivity contribution in [2.24, 2.45) is 0 Å². The second kappa shape index (κ2) is 2.88. The summed E-state index contributed by atoms with van der Waals surface area (Å²) in [6.45, 7) is 1.45. The molecule has 0 aromatic carbocycles. The molecule has 0 aliphatic carbocycles. The van der Waals surface area contributed by atoms with Crippen molar-refractivity contribution >= 4 is 11.6 Å². The Morgan fingerprint density at radius 1 is 1.55 bits per heavy atom. The lowest BCUT2D eigenvalue weighted by molar-refractivity contribution is -0.572. The molecule has 54 valence electrons. The second-order valence-corrected chi connectivity index (χ2v) is 2.08. The highest BCUT2D eigenvalue weighted by molar-refractivity contribution is 5.63. The van der Waals surface area contributed by atoms with E-state index in [2.05, 4.69) is 4.98 Å². The third-order valence-electron chi connectivity index (χ3n) is 1.29. The molecule has 0 fully saturated rings. The van der Waals surface area contributed by atoms with Gasteiger partial charge in [-0.1, -0.05) is 0 Å². The van der Waals surface area contributed by atoms with Gasteiger partial charge in [-0.25, -0.2) is 4.79 Å². The van der Waals surface area contributed by atoms with Gasteiger partial charge in [-0.2, -0.15) is 0 Å². The monoisotopic (exact) mass is 149 g/mol. The molecule has 1 aromatic rings. The molecule has 4 heteroatoms. The zero-order valence-electron chi connectivity index (χ0n) is 6.06. The average Bonchev–Trinajstić information content (AvgIpc) is 2.05. The van der Waals surface area contributed by atoms with Gasteiger partial charge in [0.2, 0.25) is 5.39 Å². The molecule has 0 unspecified atom stereocenters. The van der Waals surface area contributed by atoms with Gasteiger partial charge >= 0.3 is 11.6 Å². The first-order valence-corrected chi connectivity index (χ1v) is 3.11. The van der Waals surface area contributed by atoms with Crippen LogP contribution in [0.5, 0.6) is 0 Å². The number of nitrogens with zero attached hydrogens (tertiary/aromatic N) is 3. The Balaban J connectivity index is 3.03. The maximum atomic E-state index is 10.7. The average molecular weight is 149 g/mol. The third-order valence-corrected chi connectivity index (χ3v) is 1.29. The van der Waals surface area contributed by atoms with Crippen molar-refractivity contribution in [3.63, 3.8) is 0 Å². The van der Waals surface area contributed by atoms with Crippen LogP contribution >= 0.6 is 0 Å². The highest BCUT2D eigenvalue weighted by Gasteiger charge is 2.10. The summed E-state index contributed by atoms with van der Waals surface area (Å²) >= 11 is 0. The van der Waals surface area contributed by atoms with Crippen molar-refractivity contribution in [2.45, 2.75) is 6.92 Å². The fourth-order valence-corrected chi connectivity index (χ4v) is 0.695. The van der Waals surface area contributed by atoms with Crippen LogP contribution in [0.15, 0.2) is 24.5 Å². The fraction of sp³-hybridized carbons (Fsp3) is 0.143. The molecule has 1 rings (SSSR count). The van der Waals surface area contributed by atoms with Gasteiger partial charge in [0.1, 0.15) is 0 Å². The molecule has 11 heavy (non-hydrogen) atoms. The minimum Gasteiger partial charge on any atom is -0.220 e. The SMILES string of the molecule is CC(=O)[n+]1ccc([N+]#N)cc1. The van der Waals surface area contributed by atoms with Gasteiger partial charge in [0.15, 0.2) is 17.4 Å². The van der Waals surface area contributed by atoms with Crippen LogP contribution in [0.25, 0.3) is 4.98 Å². The zero-order chi connectivity index (χ0) is 8.27. The number of carbonyl (C=O) groups excluding carboxylic acids is 1. The summed E-state index contributed by atoms with van der Waals surface area (Å²) in [5.74, 6) is -0.0745. The Morgan fingerprint density at radius 2 is 2.09 bits per heavy atom. The predicted molar refractivity (Wildman–Crippen MR) is 37.7 cm³/mol. The molecular weight excluding hydrogens is 142 g/mol. The summed E-state index contributed by atoms with van der Waals surface area (Å²) < 4.78 is 1.40. The summed E-state index contributed by atoms with van der Waals surface area (Å²) in [5.41, 5.74) is 0.433. The Hall–Kier alpha value is -1.76. The molecule has 1 aromatic heterocycles. The van der Waals surface area contributed by atoms with Gasteiger partial charge in [0, 0.05) is 0 Å². The fourth-order valence-electron chi connectivity index (χ4n) is 0.695. The molecule has 0 atom stereocenters. The van der Waals surface area contributed by atoms with Crippen LogP contribution in [-0.4, -0.2) is 5.91 Å². The molecule has 0 radical (unpaired) electrons. The Morgan fingerprint density at radius 3 is 2.45 bits per heavy atom. The summed E-state index contributed by atoms with van der Waals surface area (Å²) in [6, 6.07) is 3.09. The molecule has 1 heterocycles. The van der Waals surface area contributed by atoms with Gasteiger partial charge in [-0.3, -0.25) is 0 Å². The third kappa shape index (κ3) is 1.58. The maximum Gasteiger partial charge on any atom is 0.397 e. The molecule has 4 nitrogen and oxygen atoms in total. The summed E-state index contributed by atoms with van der Waals surface area (Å²) in [7, 11) is 0. The number of pyridine rings is 1. The molecule has 0 bridgehead atoms. The van der Waals surface area contributed by atoms with Crippen molar-refractivity contribution in [1.29, 1.82) is 5.39 Å². The largest absolute Gasteiger partial charge is 0.397 e. The summed E-state index contributed by atoms with van der Waals surface area (Å²) in [4.78, 5) is 13.7. The van der Waals surface area contributed by atoms with Crippen LogP contribution < -0.4 is 4.57 Å². The van der Waals surface area contributed by atoms with E-state index in [4.69, 9.17) is 5.39 Å². The number of carbonyl (C=O) groups is 1. The first-order chi connectivity index (χ1) is 5.24. The maximum absolute atomic E-state index is 10.7. The van der Waals surface area contributed by atoms with Gasteiger partial charge in [-0.05, 0) is 0 Å². The summed E-state index contributed by atoms with van der Waals surface area (Å²) in [6.07, 6.45) is 3.08. The van der Waals surface area contributed by atoms with Gasteiger partial charge in [0.05, 0.1) is 19.1 Å². The van der Waals surface area contributed by atoms with E-state index < -0.39 is 0 Å². The van der Waals surface area contributed by atoms with Crippen LogP contribution in [0.2, 0.25) is 0 Å². The van der Waals surface area contributed by atoms with E-state index in [1.165, 1.54) is 23.9 Å². The number of hydrogen-bond donors (Lipinski definition) is 0. The molecule has 0 aliphatic rings. The molecule has 0 spiro atoms. The molecule has 0 N–H and O–H groups in total. The molecule has 0 saturated heterocycles. The minimum absolute atomic E-state index is 0.0745. The van der Waals surface area contributed by atoms with E-state index in [-0.39, 0.29) is 5.91 Å². The second-order valence-electron chi connectivity index (χ2n) is 2.08. The van der Waals surface area contributed by atoms with Crippen LogP contribution in [0.1, 0.15) is 11.7 Å². The zero-order valence-corrected chi connectivity index (χ0v) is 6.06. The number of rotatable bonds is 0. The summed E-state index contributed by atoms with van der Waals surface area (Å²) in [5, 5.41) is 8.30. The van der Waals surface area contributed by atoms with Gasteiger partial charge in [0.25, 0.3) is 0 Å². The smallest absolute Gasteiger partial charge is 0.220 e. The molecule has 0 aliphatic heterocycles. The van der Waals surface area contributed by atoms with Crippen LogP contribution in [-0.2, 0) is 0 Å². The van der Waals surface area contributed by atoms with Crippen LogP contribution in [0.4, 0.5) is 5.69 Å². The number of aromatic nitrogens is 1. The van der Waals surface area contributed by atoms with E-state index in [1.807, 2.05) is 0 Å². The lowest BCUT2D eigenvalue weighted by Crippen LogP contribution is -2.38. The van der Waals surface area contributed by atoms with Crippen molar-refractivity contribution < 1.29 is 9.36 Å². The van der Waals surface area contributed by atoms with Crippen molar-refractivity contribution in [2.75, 3.05) is 0 Å². The Kier molecular flexibility index (Phi) is 1.93. The Bertz CT molecular complexity index is 309. The topological polar surface area (TPSA) is 49.1 Å². The van der Waals surface area contributed by atoms with Crippen LogP contribution in [0.3, 0.4) is 0 Å². The number of hydrogen-bond acceptors (Lipinski definition) is 2.